The summed E-state index contributed by atoms with van der Waals surface area (Å²) in [6, 6.07) is -0.404. The summed E-state index contributed by atoms with van der Waals surface area (Å²) in [6.07, 6.45) is 2.92. The number of ether oxygens (including phenoxy) is 1. The number of nitrogen functional groups attached to an aromatic ring is 1. The van der Waals surface area contributed by atoms with E-state index in [2.05, 4.69) is 10.2 Å². The van der Waals surface area contributed by atoms with Crippen molar-refractivity contribution < 1.29 is 14.3 Å². The van der Waals surface area contributed by atoms with Crippen LogP contribution in [0.15, 0.2) is 6.20 Å². The van der Waals surface area contributed by atoms with E-state index in [0.717, 1.165) is 6.42 Å². The number of nitrogens with zero attached hydrogens (tertiary/aromatic N) is 3. The molecule has 1 atom stereocenters. The lowest BCUT2D eigenvalue weighted by Crippen LogP contribution is -2.51. The number of aromatic nitrogens is 2. The quantitative estimate of drug-likeness (QED) is 0.761. The number of amides is 2. The number of morpholine rings is 1. The zero-order valence-electron chi connectivity index (χ0n) is 11.7. The predicted molar refractivity (Wildman–Crippen MR) is 74.5 cm³/mol. The number of aromatic amines is 1. The van der Waals surface area contributed by atoms with Gasteiger partial charge in [-0.1, -0.05) is 0 Å². The first kappa shape index (κ1) is 13.9. The molecule has 2 saturated heterocycles. The Morgan fingerprint density at radius 3 is 2.76 bits per heavy atom. The highest BCUT2D eigenvalue weighted by atomic mass is 16.5. The third kappa shape index (κ3) is 2.58. The molecule has 2 aliphatic rings. The lowest BCUT2D eigenvalue weighted by molar-refractivity contribution is -0.139. The van der Waals surface area contributed by atoms with Crippen molar-refractivity contribution in [3.8, 4) is 0 Å². The smallest absolute Gasteiger partial charge is 0.274 e. The normalized spacial score (nSPS) is 22.6. The highest BCUT2D eigenvalue weighted by Crippen LogP contribution is 2.23. The number of likely N-dealkylation sites (tertiary alicyclic amines) is 1. The van der Waals surface area contributed by atoms with Crippen LogP contribution in [-0.2, 0) is 9.53 Å². The molecule has 3 heterocycles. The van der Waals surface area contributed by atoms with E-state index in [1.807, 2.05) is 0 Å². The number of H-pyrrole nitrogens is 1. The number of nitrogens with two attached hydrogens (primary N) is 1. The van der Waals surface area contributed by atoms with Gasteiger partial charge in [0.05, 0.1) is 25.1 Å². The van der Waals surface area contributed by atoms with E-state index in [0.29, 0.717) is 45.0 Å². The molecule has 0 radical (unpaired) electrons. The summed E-state index contributed by atoms with van der Waals surface area (Å²) in [4.78, 5) is 28.5. The second-order valence-corrected chi connectivity index (χ2v) is 5.29. The Kier molecular flexibility index (Phi) is 3.78. The fourth-order valence-corrected chi connectivity index (χ4v) is 2.87. The van der Waals surface area contributed by atoms with Gasteiger partial charge < -0.3 is 20.3 Å². The lowest BCUT2D eigenvalue weighted by Gasteiger charge is -2.32. The van der Waals surface area contributed by atoms with Crippen LogP contribution in [0.1, 0.15) is 23.3 Å². The maximum absolute atomic E-state index is 12.6. The van der Waals surface area contributed by atoms with Crippen molar-refractivity contribution >= 4 is 17.5 Å². The first-order valence-corrected chi connectivity index (χ1v) is 7.15. The Balaban J connectivity index is 1.74. The van der Waals surface area contributed by atoms with Crippen LogP contribution < -0.4 is 5.73 Å². The number of carbonyl (C=O) groups excluding carboxylic acids is 2. The summed E-state index contributed by atoms with van der Waals surface area (Å²) < 4.78 is 5.26. The largest absolute Gasteiger partial charge is 0.396 e. The Bertz CT molecular complexity index is 538. The van der Waals surface area contributed by atoms with Crippen LogP contribution >= 0.6 is 0 Å². The highest BCUT2D eigenvalue weighted by molar-refractivity contribution is 6.00. The molecule has 21 heavy (non-hydrogen) atoms. The maximum Gasteiger partial charge on any atom is 0.274 e. The molecule has 3 rings (SSSR count). The molecule has 114 valence electrons. The van der Waals surface area contributed by atoms with Gasteiger partial charge >= 0.3 is 0 Å². The summed E-state index contributed by atoms with van der Waals surface area (Å²) >= 11 is 0. The van der Waals surface area contributed by atoms with E-state index in [9.17, 15) is 9.59 Å². The van der Waals surface area contributed by atoms with E-state index >= 15 is 0 Å². The van der Waals surface area contributed by atoms with Gasteiger partial charge in [0.25, 0.3) is 5.91 Å². The summed E-state index contributed by atoms with van der Waals surface area (Å²) in [5.74, 6) is -0.253. The van der Waals surface area contributed by atoms with Crippen LogP contribution in [-0.4, -0.2) is 70.7 Å². The number of hydrogen-bond acceptors (Lipinski definition) is 5. The summed E-state index contributed by atoms with van der Waals surface area (Å²) in [5, 5.41) is 6.37. The maximum atomic E-state index is 12.6. The molecule has 3 N–H and O–H groups in total. The third-order valence-electron chi connectivity index (χ3n) is 4.00. The monoisotopic (exact) mass is 293 g/mol. The molecule has 2 amide bonds. The Labute approximate surface area is 122 Å². The molecule has 1 unspecified atom stereocenters. The molecule has 8 heteroatoms. The van der Waals surface area contributed by atoms with Gasteiger partial charge in [0.2, 0.25) is 5.91 Å². The fourth-order valence-electron chi connectivity index (χ4n) is 2.87. The molecule has 1 aromatic heterocycles. The molecule has 0 saturated carbocycles. The molecule has 0 aliphatic carbocycles. The molecule has 2 fully saturated rings. The van der Waals surface area contributed by atoms with E-state index < -0.39 is 6.04 Å². The topological polar surface area (TPSA) is 105 Å². The van der Waals surface area contributed by atoms with E-state index in [1.54, 1.807) is 9.80 Å². The van der Waals surface area contributed by atoms with Gasteiger partial charge in [0, 0.05) is 19.6 Å². The zero-order valence-corrected chi connectivity index (χ0v) is 11.7. The van der Waals surface area contributed by atoms with Gasteiger partial charge in [0.1, 0.15) is 11.7 Å². The average molecular weight is 293 g/mol. The first-order valence-electron chi connectivity index (χ1n) is 7.15. The highest BCUT2D eigenvalue weighted by Gasteiger charge is 2.38. The van der Waals surface area contributed by atoms with Crippen LogP contribution in [0.4, 0.5) is 5.69 Å². The molecule has 0 spiro atoms. The standard InChI is InChI=1S/C13H19N5O3/c14-9-8-15-16-11(9)13(20)18-3-1-2-10(18)12(19)17-4-6-21-7-5-17/h8,10H,1-7,14H2,(H,15,16). The van der Waals surface area contributed by atoms with Gasteiger partial charge in [-0.25, -0.2) is 0 Å². The van der Waals surface area contributed by atoms with Crippen molar-refractivity contribution in [1.82, 2.24) is 20.0 Å². The number of rotatable bonds is 2. The van der Waals surface area contributed by atoms with Crippen molar-refractivity contribution in [3.05, 3.63) is 11.9 Å². The van der Waals surface area contributed by atoms with Gasteiger partial charge in [-0.15, -0.1) is 0 Å². The number of hydrogen-bond donors (Lipinski definition) is 2. The van der Waals surface area contributed by atoms with E-state index in [1.165, 1.54) is 6.20 Å². The summed E-state index contributed by atoms with van der Waals surface area (Å²) in [7, 11) is 0. The fraction of sp³-hybridized carbons (Fsp3) is 0.615. The minimum atomic E-state index is -0.404. The number of anilines is 1. The van der Waals surface area contributed by atoms with Gasteiger partial charge in [-0.05, 0) is 12.8 Å². The van der Waals surface area contributed by atoms with Crippen molar-refractivity contribution in [2.45, 2.75) is 18.9 Å². The molecule has 8 nitrogen and oxygen atoms in total. The van der Waals surface area contributed by atoms with Crippen LogP contribution in [0, 0.1) is 0 Å². The van der Waals surface area contributed by atoms with Gasteiger partial charge in [-0.3, -0.25) is 14.7 Å². The Morgan fingerprint density at radius 2 is 2.10 bits per heavy atom. The first-order chi connectivity index (χ1) is 10.2. The molecule has 1 aromatic rings. The van der Waals surface area contributed by atoms with E-state index in [4.69, 9.17) is 10.5 Å². The van der Waals surface area contributed by atoms with Crippen molar-refractivity contribution in [1.29, 1.82) is 0 Å². The molecular formula is C13H19N5O3. The van der Waals surface area contributed by atoms with Crippen molar-refractivity contribution in [2.75, 3.05) is 38.6 Å². The molecule has 0 bridgehead atoms. The Hall–Kier alpha value is -2.09. The van der Waals surface area contributed by atoms with Crippen LogP contribution in [0.25, 0.3) is 0 Å². The van der Waals surface area contributed by atoms with Gasteiger partial charge in [0.15, 0.2) is 0 Å². The summed E-state index contributed by atoms with van der Waals surface area (Å²) in [5.41, 5.74) is 6.29. The van der Waals surface area contributed by atoms with Crippen molar-refractivity contribution in [2.24, 2.45) is 0 Å². The number of nitrogens with one attached hydrogen (secondary N) is 1. The Morgan fingerprint density at radius 1 is 1.33 bits per heavy atom. The zero-order chi connectivity index (χ0) is 14.8. The second kappa shape index (κ2) is 5.72. The van der Waals surface area contributed by atoms with Crippen LogP contribution in [0.2, 0.25) is 0 Å². The number of carbonyl (C=O) groups is 2. The minimum absolute atomic E-state index is 0.00207. The third-order valence-corrected chi connectivity index (χ3v) is 4.00. The van der Waals surface area contributed by atoms with Crippen molar-refractivity contribution in [3.63, 3.8) is 0 Å². The minimum Gasteiger partial charge on any atom is -0.396 e. The summed E-state index contributed by atoms with van der Waals surface area (Å²) in [6.45, 7) is 2.85. The van der Waals surface area contributed by atoms with Crippen LogP contribution in [0.5, 0.6) is 0 Å². The molecule has 2 aliphatic heterocycles. The van der Waals surface area contributed by atoms with E-state index in [-0.39, 0.29) is 17.5 Å². The van der Waals surface area contributed by atoms with Gasteiger partial charge in [-0.2, -0.15) is 5.10 Å². The second-order valence-electron chi connectivity index (χ2n) is 5.29. The average Bonchev–Trinajstić information content (AvgIpc) is 3.15. The SMILES string of the molecule is Nc1cn[nH]c1C(=O)N1CCCC1C(=O)N1CCOCC1. The van der Waals surface area contributed by atoms with Crippen LogP contribution in [0.3, 0.4) is 0 Å². The predicted octanol–water partition coefficient (Wildman–Crippen LogP) is -0.545. The molecular weight excluding hydrogens is 274 g/mol. The lowest BCUT2D eigenvalue weighted by atomic mass is 10.1. The molecule has 0 aromatic carbocycles.